The van der Waals surface area contributed by atoms with Gasteiger partial charge in [0.2, 0.25) is 17.7 Å². The molecule has 11 N–H and O–H groups in total. The Kier molecular flexibility index (Phi) is 14.0. The van der Waals surface area contributed by atoms with E-state index in [1.54, 1.807) is 13.8 Å². The summed E-state index contributed by atoms with van der Waals surface area (Å²) in [6.45, 7) is 3.50. The average molecular weight is 550 g/mol. The van der Waals surface area contributed by atoms with Crippen molar-refractivity contribution in [2.24, 2.45) is 28.1 Å². The van der Waals surface area contributed by atoms with E-state index in [9.17, 15) is 29.1 Å². The van der Waals surface area contributed by atoms with E-state index in [-0.39, 0.29) is 38.2 Å². The Labute approximate surface area is 226 Å². The molecule has 0 aliphatic heterocycles. The van der Waals surface area contributed by atoms with Gasteiger partial charge in [0, 0.05) is 13.0 Å². The maximum Gasteiger partial charge on any atom is 0.326 e. The van der Waals surface area contributed by atoms with Crippen LogP contribution in [-0.2, 0) is 30.4 Å². The topological polar surface area (TPSA) is 252 Å². The summed E-state index contributed by atoms with van der Waals surface area (Å²) in [5, 5.41) is 26.0. The molecule has 0 aromatic heterocycles. The van der Waals surface area contributed by atoms with Gasteiger partial charge in [-0.3, -0.25) is 24.2 Å². The number of nitrogens with zero attached hydrogens (tertiary/aromatic N) is 1. The molecule has 4 atom stereocenters. The number of guanidine groups is 1. The highest BCUT2D eigenvalue weighted by Gasteiger charge is 2.32. The summed E-state index contributed by atoms with van der Waals surface area (Å²) in [6.07, 6.45) is -0.309. The SMILES string of the molecule is CC(C)C(NC(=O)C(N)Cc1ccccc1)C(=O)NC(CCC(=O)O)C(=O)NC(CCCN=C(N)N)C(=O)O. The van der Waals surface area contributed by atoms with Crippen molar-refractivity contribution in [1.82, 2.24) is 16.0 Å². The molecule has 0 aliphatic carbocycles. The van der Waals surface area contributed by atoms with Crippen LogP contribution in [0.5, 0.6) is 0 Å². The van der Waals surface area contributed by atoms with Gasteiger partial charge >= 0.3 is 11.9 Å². The van der Waals surface area contributed by atoms with Gasteiger partial charge in [-0.2, -0.15) is 0 Å². The number of benzene rings is 1. The monoisotopic (exact) mass is 549 g/mol. The molecule has 0 radical (unpaired) electrons. The normalized spacial score (nSPS) is 13.8. The van der Waals surface area contributed by atoms with E-state index in [4.69, 9.17) is 22.3 Å². The number of nitrogens with one attached hydrogen (secondary N) is 3. The van der Waals surface area contributed by atoms with Crippen LogP contribution in [0.2, 0.25) is 0 Å². The first-order valence-electron chi connectivity index (χ1n) is 12.5. The lowest BCUT2D eigenvalue weighted by atomic mass is 10.0. The number of carboxylic acid groups (broad SMARTS) is 2. The first-order valence-corrected chi connectivity index (χ1v) is 12.5. The van der Waals surface area contributed by atoms with Crippen LogP contribution in [0.25, 0.3) is 0 Å². The molecule has 0 fully saturated rings. The molecule has 1 aromatic rings. The molecule has 0 saturated heterocycles. The van der Waals surface area contributed by atoms with E-state index in [1.165, 1.54) is 0 Å². The summed E-state index contributed by atoms with van der Waals surface area (Å²) in [5.41, 5.74) is 17.3. The second kappa shape index (κ2) is 16.6. The van der Waals surface area contributed by atoms with Crippen LogP contribution in [0.15, 0.2) is 35.3 Å². The number of aliphatic carboxylic acids is 2. The molecule has 1 aromatic carbocycles. The largest absolute Gasteiger partial charge is 0.481 e. The number of carbonyl (C=O) groups is 5. The third-order valence-corrected chi connectivity index (χ3v) is 5.72. The second-order valence-electron chi connectivity index (χ2n) is 9.37. The van der Waals surface area contributed by atoms with Crippen LogP contribution < -0.4 is 33.2 Å². The maximum atomic E-state index is 13.1. The van der Waals surface area contributed by atoms with Crippen molar-refractivity contribution >= 4 is 35.6 Å². The fourth-order valence-electron chi connectivity index (χ4n) is 3.59. The number of carboxylic acids is 2. The van der Waals surface area contributed by atoms with Crippen LogP contribution in [0.1, 0.15) is 45.1 Å². The summed E-state index contributed by atoms with van der Waals surface area (Å²) >= 11 is 0. The second-order valence-corrected chi connectivity index (χ2v) is 9.37. The zero-order chi connectivity index (χ0) is 29.5. The molecule has 0 aliphatic rings. The van der Waals surface area contributed by atoms with Crippen molar-refractivity contribution in [3.63, 3.8) is 0 Å². The van der Waals surface area contributed by atoms with E-state index in [0.29, 0.717) is 0 Å². The molecule has 4 unspecified atom stereocenters. The van der Waals surface area contributed by atoms with Gasteiger partial charge in [-0.15, -0.1) is 0 Å². The van der Waals surface area contributed by atoms with E-state index in [0.717, 1.165) is 5.56 Å². The zero-order valence-electron chi connectivity index (χ0n) is 22.1. The van der Waals surface area contributed by atoms with Gasteiger partial charge in [0.1, 0.15) is 18.1 Å². The number of aliphatic imine (C=N–C) groups is 1. The highest BCUT2D eigenvalue weighted by Crippen LogP contribution is 2.08. The fourth-order valence-corrected chi connectivity index (χ4v) is 3.59. The number of hydrogen-bond donors (Lipinski definition) is 8. The number of carbonyl (C=O) groups excluding carboxylic acids is 3. The molecule has 14 heteroatoms. The zero-order valence-corrected chi connectivity index (χ0v) is 22.1. The van der Waals surface area contributed by atoms with Crippen molar-refractivity contribution in [2.75, 3.05) is 6.54 Å². The van der Waals surface area contributed by atoms with Crippen LogP contribution >= 0.6 is 0 Å². The average Bonchev–Trinajstić information content (AvgIpc) is 2.86. The minimum absolute atomic E-state index is 0.0125. The number of amides is 3. The molecular weight excluding hydrogens is 510 g/mol. The quantitative estimate of drug-likeness (QED) is 0.0645. The molecule has 0 bridgehead atoms. The van der Waals surface area contributed by atoms with Gasteiger partial charge in [0.25, 0.3) is 0 Å². The van der Waals surface area contributed by atoms with Crippen LogP contribution in [0.4, 0.5) is 0 Å². The van der Waals surface area contributed by atoms with Crippen LogP contribution in [0, 0.1) is 5.92 Å². The molecule has 1 rings (SSSR count). The van der Waals surface area contributed by atoms with Gasteiger partial charge in [0.15, 0.2) is 5.96 Å². The Morgan fingerprint density at radius 3 is 2.03 bits per heavy atom. The molecule has 39 heavy (non-hydrogen) atoms. The smallest absolute Gasteiger partial charge is 0.326 e. The number of nitrogens with two attached hydrogens (primary N) is 3. The highest BCUT2D eigenvalue weighted by molar-refractivity contribution is 5.94. The van der Waals surface area contributed by atoms with Crippen LogP contribution in [0.3, 0.4) is 0 Å². The summed E-state index contributed by atoms with van der Waals surface area (Å²) in [6, 6.07) is 4.36. The molecule has 216 valence electrons. The molecule has 0 spiro atoms. The Bertz CT molecular complexity index is 1010. The summed E-state index contributed by atoms with van der Waals surface area (Å²) < 4.78 is 0. The summed E-state index contributed by atoms with van der Waals surface area (Å²) in [4.78, 5) is 65.3. The highest BCUT2D eigenvalue weighted by atomic mass is 16.4. The van der Waals surface area contributed by atoms with Crippen LogP contribution in [-0.4, -0.2) is 76.5 Å². The van der Waals surface area contributed by atoms with E-state index < -0.39 is 66.2 Å². The standard InChI is InChI=1S/C25H39N7O7/c1-14(2)20(32-21(35)16(26)13-15-7-4-3-5-8-15)23(37)30-17(10-11-19(33)34)22(36)31-18(24(38)39)9-6-12-29-25(27)28/h3-5,7-8,14,16-18,20H,6,9-13,26H2,1-2H3,(H,30,37)(H,31,36)(H,32,35)(H,33,34)(H,38,39)(H4,27,28,29). The molecule has 14 nitrogen and oxygen atoms in total. The van der Waals surface area contributed by atoms with Gasteiger partial charge in [0.05, 0.1) is 6.04 Å². The third kappa shape index (κ3) is 12.7. The molecular formula is C25H39N7O7. The predicted octanol–water partition coefficient (Wildman–Crippen LogP) is -1.33. The van der Waals surface area contributed by atoms with Crippen molar-refractivity contribution in [2.45, 2.75) is 70.1 Å². The van der Waals surface area contributed by atoms with Crippen molar-refractivity contribution in [1.29, 1.82) is 0 Å². The van der Waals surface area contributed by atoms with Crippen molar-refractivity contribution in [3.05, 3.63) is 35.9 Å². The minimum atomic E-state index is -1.37. The van der Waals surface area contributed by atoms with Gasteiger partial charge in [-0.25, -0.2) is 4.79 Å². The lowest BCUT2D eigenvalue weighted by Gasteiger charge is -2.27. The molecule has 0 heterocycles. The van der Waals surface area contributed by atoms with Gasteiger partial charge in [-0.1, -0.05) is 44.2 Å². The number of hydrogen-bond acceptors (Lipinski definition) is 7. The maximum absolute atomic E-state index is 13.1. The van der Waals surface area contributed by atoms with E-state index in [1.807, 2.05) is 30.3 Å². The lowest BCUT2D eigenvalue weighted by Crippen LogP contribution is -2.58. The first-order chi connectivity index (χ1) is 18.3. The number of rotatable bonds is 17. The Morgan fingerprint density at radius 2 is 1.49 bits per heavy atom. The van der Waals surface area contributed by atoms with Gasteiger partial charge < -0.3 is 43.4 Å². The Balaban J connectivity index is 2.93. The molecule has 3 amide bonds. The Morgan fingerprint density at radius 1 is 0.872 bits per heavy atom. The fraction of sp³-hybridized carbons (Fsp3) is 0.520. The first kappa shape index (κ1) is 32.8. The molecule has 0 saturated carbocycles. The van der Waals surface area contributed by atoms with E-state index in [2.05, 4.69) is 20.9 Å². The van der Waals surface area contributed by atoms with Crippen molar-refractivity contribution < 1.29 is 34.2 Å². The Hall–Kier alpha value is -4.20. The van der Waals surface area contributed by atoms with E-state index >= 15 is 0 Å². The van der Waals surface area contributed by atoms with Gasteiger partial charge in [-0.05, 0) is 37.2 Å². The summed E-state index contributed by atoms with van der Waals surface area (Å²) in [5.74, 6) is -5.31. The summed E-state index contributed by atoms with van der Waals surface area (Å²) in [7, 11) is 0. The third-order valence-electron chi connectivity index (χ3n) is 5.72. The lowest BCUT2D eigenvalue weighted by molar-refractivity contribution is -0.143. The van der Waals surface area contributed by atoms with Crippen molar-refractivity contribution in [3.8, 4) is 0 Å². The predicted molar refractivity (Wildman–Crippen MR) is 143 cm³/mol. The minimum Gasteiger partial charge on any atom is -0.481 e.